The lowest BCUT2D eigenvalue weighted by Gasteiger charge is -2.37. The van der Waals surface area contributed by atoms with E-state index in [2.05, 4.69) is 38.2 Å². The number of rotatable bonds is 6. The van der Waals surface area contributed by atoms with E-state index < -0.39 is 0 Å². The van der Waals surface area contributed by atoms with Crippen LogP contribution in [0.4, 0.5) is 0 Å². The van der Waals surface area contributed by atoms with Crippen LogP contribution in [0.1, 0.15) is 33.1 Å². The van der Waals surface area contributed by atoms with Crippen LogP contribution in [-0.2, 0) is 4.79 Å². The van der Waals surface area contributed by atoms with Gasteiger partial charge in [0.05, 0.1) is 5.41 Å². The molecule has 1 heterocycles. The molecule has 4 heteroatoms. The van der Waals surface area contributed by atoms with Crippen LogP contribution in [0.5, 0.6) is 0 Å². The lowest BCUT2D eigenvalue weighted by Crippen LogP contribution is -2.50. The van der Waals surface area contributed by atoms with Crippen LogP contribution in [0.3, 0.4) is 0 Å². The van der Waals surface area contributed by atoms with E-state index in [1.807, 2.05) is 4.90 Å². The van der Waals surface area contributed by atoms with Crippen molar-refractivity contribution < 1.29 is 4.79 Å². The van der Waals surface area contributed by atoms with Crippen molar-refractivity contribution in [1.82, 2.24) is 15.1 Å². The summed E-state index contributed by atoms with van der Waals surface area (Å²) in [5.41, 5.74) is -0.188. The van der Waals surface area contributed by atoms with E-state index in [1.54, 1.807) is 0 Å². The molecule has 0 spiro atoms. The van der Waals surface area contributed by atoms with Crippen LogP contribution in [0.25, 0.3) is 0 Å². The van der Waals surface area contributed by atoms with E-state index in [-0.39, 0.29) is 5.41 Å². The third-order valence-electron chi connectivity index (χ3n) is 3.82. The van der Waals surface area contributed by atoms with Gasteiger partial charge in [-0.2, -0.15) is 0 Å². The van der Waals surface area contributed by atoms with Crippen LogP contribution in [0.2, 0.25) is 0 Å². The second-order valence-electron chi connectivity index (χ2n) is 5.88. The number of hydrogen-bond donors (Lipinski definition) is 1. The molecule has 0 bridgehead atoms. The van der Waals surface area contributed by atoms with Crippen molar-refractivity contribution in [3.05, 3.63) is 0 Å². The van der Waals surface area contributed by atoms with Gasteiger partial charge in [0.2, 0.25) is 5.91 Å². The van der Waals surface area contributed by atoms with Crippen molar-refractivity contribution in [3.63, 3.8) is 0 Å². The van der Waals surface area contributed by atoms with Crippen LogP contribution in [0, 0.1) is 5.41 Å². The van der Waals surface area contributed by atoms with Crippen molar-refractivity contribution >= 4 is 5.91 Å². The van der Waals surface area contributed by atoms with E-state index >= 15 is 0 Å². The fourth-order valence-corrected chi connectivity index (χ4v) is 2.60. The second-order valence-corrected chi connectivity index (χ2v) is 5.88. The topological polar surface area (TPSA) is 35.6 Å². The minimum atomic E-state index is -0.188. The zero-order valence-corrected chi connectivity index (χ0v) is 12.5. The summed E-state index contributed by atoms with van der Waals surface area (Å²) in [6.07, 6.45) is 3.18. The SMILES string of the molecule is CCN(CCCN(C)C)C(=O)C1(C)CCCNC1. The highest BCUT2D eigenvalue weighted by molar-refractivity contribution is 5.82. The molecule has 0 aromatic heterocycles. The third kappa shape index (κ3) is 4.25. The van der Waals surface area contributed by atoms with Crippen LogP contribution in [-0.4, -0.2) is 62.5 Å². The Morgan fingerprint density at radius 1 is 1.33 bits per heavy atom. The Bertz CT molecular complexity index is 260. The first-order valence-electron chi connectivity index (χ1n) is 7.14. The average Bonchev–Trinajstić information content (AvgIpc) is 2.34. The number of hydrogen-bond acceptors (Lipinski definition) is 3. The first-order valence-corrected chi connectivity index (χ1v) is 7.14. The molecule has 1 fully saturated rings. The molecule has 1 aliphatic rings. The molecular formula is C14H29N3O. The van der Waals surface area contributed by atoms with Crippen LogP contribution < -0.4 is 5.32 Å². The normalized spacial score (nSPS) is 24.3. The van der Waals surface area contributed by atoms with Gasteiger partial charge in [-0.3, -0.25) is 4.79 Å². The van der Waals surface area contributed by atoms with Gasteiger partial charge in [-0.25, -0.2) is 0 Å². The molecule has 18 heavy (non-hydrogen) atoms. The van der Waals surface area contributed by atoms with E-state index in [4.69, 9.17) is 0 Å². The Kier molecular flexibility index (Phi) is 6.09. The van der Waals surface area contributed by atoms with Gasteiger partial charge in [0, 0.05) is 19.6 Å². The number of carbonyl (C=O) groups is 1. The molecule has 106 valence electrons. The summed E-state index contributed by atoms with van der Waals surface area (Å²) in [6, 6.07) is 0. The fraction of sp³-hybridized carbons (Fsp3) is 0.929. The molecule has 1 unspecified atom stereocenters. The number of amides is 1. The molecule has 0 aromatic rings. The Morgan fingerprint density at radius 3 is 2.56 bits per heavy atom. The summed E-state index contributed by atoms with van der Waals surface area (Å²) in [5, 5.41) is 3.35. The van der Waals surface area contributed by atoms with Crippen molar-refractivity contribution in [2.45, 2.75) is 33.1 Å². The predicted molar refractivity (Wildman–Crippen MR) is 75.6 cm³/mol. The minimum absolute atomic E-state index is 0.188. The highest BCUT2D eigenvalue weighted by Crippen LogP contribution is 2.28. The summed E-state index contributed by atoms with van der Waals surface area (Å²) < 4.78 is 0. The number of carbonyl (C=O) groups excluding carboxylic acids is 1. The molecule has 1 N–H and O–H groups in total. The first kappa shape index (κ1) is 15.4. The largest absolute Gasteiger partial charge is 0.342 e. The molecular weight excluding hydrogens is 226 g/mol. The van der Waals surface area contributed by atoms with Gasteiger partial charge in [-0.15, -0.1) is 0 Å². The molecule has 0 radical (unpaired) electrons. The highest BCUT2D eigenvalue weighted by atomic mass is 16.2. The number of nitrogens with one attached hydrogen (secondary N) is 1. The fourth-order valence-electron chi connectivity index (χ4n) is 2.60. The van der Waals surface area contributed by atoms with Crippen molar-refractivity contribution in [3.8, 4) is 0 Å². The van der Waals surface area contributed by atoms with Crippen molar-refractivity contribution in [1.29, 1.82) is 0 Å². The van der Waals surface area contributed by atoms with Gasteiger partial charge in [-0.05, 0) is 60.3 Å². The maximum Gasteiger partial charge on any atom is 0.229 e. The summed E-state index contributed by atoms with van der Waals surface area (Å²) in [7, 11) is 4.15. The molecule has 1 amide bonds. The van der Waals surface area contributed by atoms with E-state index in [0.717, 1.165) is 52.0 Å². The maximum atomic E-state index is 12.6. The zero-order valence-electron chi connectivity index (χ0n) is 12.5. The lowest BCUT2D eigenvalue weighted by atomic mass is 9.81. The predicted octanol–water partition coefficient (Wildman–Crippen LogP) is 1.18. The highest BCUT2D eigenvalue weighted by Gasteiger charge is 2.37. The molecule has 0 aromatic carbocycles. The quantitative estimate of drug-likeness (QED) is 0.774. The van der Waals surface area contributed by atoms with E-state index in [0.29, 0.717) is 5.91 Å². The summed E-state index contributed by atoms with van der Waals surface area (Å²) >= 11 is 0. The average molecular weight is 255 g/mol. The van der Waals surface area contributed by atoms with Crippen LogP contribution >= 0.6 is 0 Å². The van der Waals surface area contributed by atoms with E-state index in [1.165, 1.54) is 0 Å². The number of piperidine rings is 1. The second kappa shape index (κ2) is 7.10. The Morgan fingerprint density at radius 2 is 2.06 bits per heavy atom. The van der Waals surface area contributed by atoms with Gasteiger partial charge in [0.25, 0.3) is 0 Å². The van der Waals surface area contributed by atoms with Gasteiger partial charge < -0.3 is 15.1 Å². The molecule has 4 nitrogen and oxygen atoms in total. The molecule has 1 aliphatic heterocycles. The molecule has 1 rings (SSSR count). The Balaban J connectivity index is 2.49. The Hall–Kier alpha value is -0.610. The maximum absolute atomic E-state index is 12.6. The number of nitrogens with zero attached hydrogens (tertiary/aromatic N) is 2. The van der Waals surface area contributed by atoms with Gasteiger partial charge >= 0.3 is 0 Å². The Labute approximate surface area is 112 Å². The van der Waals surface area contributed by atoms with Gasteiger partial charge in [-0.1, -0.05) is 0 Å². The minimum Gasteiger partial charge on any atom is -0.342 e. The summed E-state index contributed by atoms with van der Waals surface area (Å²) in [4.78, 5) is 16.8. The van der Waals surface area contributed by atoms with Crippen molar-refractivity contribution in [2.75, 3.05) is 46.8 Å². The standard InChI is InChI=1S/C14H29N3O/c1-5-17(11-7-10-16(3)4)13(18)14(2)8-6-9-15-12-14/h15H,5-12H2,1-4H3. The first-order chi connectivity index (χ1) is 8.49. The van der Waals surface area contributed by atoms with Crippen LogP contribution in [0.15, 0.2) is 0 Å². The van der Waals surface area contributed by atoms with Gasteiger partial charge in [0.15, 0.2) is 0 Å². The molecule has 0 saturated carbocycles. The zero-order chi connectivity index (χ0) is 13.6. The van der Waals surface area contributed by atoms with E-state index in [9.17, 15) is 4.79 Å². The summed E-state index contributed by atoms with van der Waals surface area (Å²) in [5.74, 6) is 0.330. The summed E-state index contributed by atoms with van der Waals surface area (Å²) in [6.45, 7) is 8.80. The molecule has 0 aliphatic carbocycles. The molecule has 1 atom stereocenters. The molecule has 1 saturated heterocycles. The smallest absolute Gasteiger partial charge is 0.229 e. The van der Waals surface area contributed by atoms with Gasteiger partial charge in [0.1, 0.15) is 0 Å². The lowest BCUT2D eigenvalue weighted by molar-refractivity contribution is -0.142. The monoisotopic (exact) mass is 255 g/mol. The third-order valence-corrected chi connectivity index (χ3v) is 3.82. The van der Waals surface area contributed by atoms with Crippen molar-refractivity contribution in [2.24, 2.45) is 5.41 Å².